The molecule has 0 saturated carbocycles. The third-order valence-corrected chi connectivity index (χ3v) is 12.8. The molecule has 3 heterocycles. The van der Waals surface area contributed by atoms with Gasteiger partial charge in [0, 0.05) is 105 Å². The number of fused-ring (bicyclic) bond motifs is 2. The van der Waals surface area contributed by atoms with Crippen molar-refractivity contribution in [3.8, 4) is 11.5 Å². The number of aromatic nitrogens is 1. The second kappa shape index (κ2) is 20.2. The molecule has 0 fully saturated rings. The van der Waals surface area contributed by atoms with Gasteiger partial charge >= 0.3 is 0 Å². The molecule has 6 rings (SSSR count). The zero-order valence-corrected chi connectivity index (χ0v) is 39.7. The van der Waals surface area contributed by atoms with Gasteiger partial charge in [0.25, 0.3) is 0 Å². The molecule has 0 bridgehead atoms. The lowest BCUT2D eigenvalue weighted by molar-refractivity contribution is -0.697. The highest BCUT2D eigenvalue weighted by atomic mass is 16.5. The van der Waals surface area contributed by atoms with Crippen LogP contribution in [-0.4, -0.2) is 78.7 Å². The summed E-state index contributed by atoms with van der Waals surface area (Å²) >= 11 is 0. The van der Waals surface area contributed by atoms with Crippen LogP contribution in [0.15, 0.2) is 108 Å². The molecule has 62 heavy (non-hydrogen) atoms. The minimum atomic E-state index is -0.245. The second-order valence-electron chi connectivity index (χ2n) is 18.9. The molecule has 0 N–H and O–H groups in total. The number of allylic oxidation sites excluding steroid dienone is 7. The van der Waals surface area contributed by atoms with Gasteiger partial charge in [-0.2, -0.15) is 4.58 Å². The van der Waals surface area contributed by atoms with Crippen LogP contribution in [-0.2, 0) is 36.3 Å². The monoisotopic (exact) mass is 848 g/mol. The van der Waals surface area contributed by atoms with Gasteiger partial charge in [-0.15, -0.1) is 0 Å². The minimum absolute atomic E-state index is 0.188. The molecule has 3 aliphatic rings. The van der Waals surface area contributed by atoms with Crippen LogP contribution in [0.1, 0.15) is 103 Å². The van der Waals surface area contributed by atoms with Crippen molar-refractivity contribution < 1.29 is 37.6 Å². The number of pyridine rings is 1. The molecule has 3 aromatic rings. The summed E-state index contributed by atoms with van der Waals surface area (Å²) in [6.45, 7) is 20.9. The summed E-state index contributed by atoms with van der Waals surface area (Å²) < 4.78 is 39.9. The van der Waals surface area contributed by atoms with E-state index in [-0.39, 0.29) is 22.3 Å². The number of anilines is 1. The molecule has 1 aromatic heterocycles. The molecule has 0 saturated heterocycles. The standard InChI is InChI=1S/C53H73N3O6/c1-51(2,3)50(40-26-31-54(32-27-40)28-13-33-57-8)62-49-38(18-24-47-52(4,5)43-36-41(60-11)20-22-45(43)55(47)29-14-34-58-9)16-17-39(49)19-25-48-53(6,7)44-37-42(61-12)21-23-46(44)56(48)30-15-35-59-10/h18-27,31-32,36-37,50H,13-17,28-30,33-35H2,1-12H3/q+2. The number of rotatable bonds is 20. The van der Waals surface area contributed by atoms with E-state index >= 15 is 0 Å². The summed E-state index contributed by atoms with van der Waals surface area (Å²) in [5.74, 6) is 2.71. The van der Waals surface area contributed by atoms with Crippen molar-refractivity contribution in [2.75, 3.05) is 73.4 Å². The van der Waals surface area contributed by atoms with E-state index in [1.165, 1.54) is 45.1 Å². The van der Waals surface area contributed by atoms with E-state index in [1.54, 1.807) is 35.5 Å². The van der Waals surface area contributed by atoms with Gasteiger partial charge in [0.15, 0.2) is 31.2 Å². The van der Waals surface area contributed by atoms with Crippen LogP contribution >= 0.6 is 0 Å². The van der Waals surface area contributed by atoms with Gasteiger partial charge in [-0.25, -0.2) is 4.57 Å². The lowest BCUT2D eigenvalue weighted by Crippen LogP contribution is -2.34. The maximum Gasteiger partial charge on any atom is 0.210 e. The Labute approximate surface area is 372 Å². The first-order valence-electron chi connectivity index (χ1n) is 22.4. The third kappa shape index (κ3) is 10.1. The fourth-order valence-electron chi connectivity index (χ4n) is 9.36. The molecule has 2 aromatic carbocycles. The van der Waals surface area contributed by atoms with Gasteiger partial charge in [0.1, 0.15) is 23.4 Å². The molecule has 2 aliphatic heterocycles. The lowest BCUT2D eigenvalue weighted by atomic mass is 9.81. The fraction of sp³-hybridized carbons (Fsp3) is 0.509. The van der Waals surface area contributed by atoms with E-state index in [0.29, 0.717) is 13.2 Å². The zero-order chi connectivity index (χ0) is 44.7. The number of methoxy groups -OCH3 is 5. The van der Waals surface area contributed by atoms with Gasteiger partial charge < -0.3 is 33.3 Å². The predicted octanol–water partition coefficient (Wildman–Crippen LogP) is 10.5. The number of aryl methyl sites for hydroxylation is 1. The average Bonchev–Trinajstić information content (AvgIpc) is 3.81. The second-order valence-corrected chi connectivity index (χ2v) is 18.9. The Morgan fingerprint density at radius 2 is 1.34 bits per heavy atom. The molecule has 1 aliphatic carbocycles. The van der Waals surface area contributed by atoms with Gasteiger partial charge in [0.05, 0.1) is 32.8 Å². The number of hydrogen-bond acceptors (Lipinski definition) is 7. The predicted molar refractivity (Wildman–Crippen MR) is 250 cm³/mol. The Kier molecular flexibility index (Phi) is 15.3. The largest absolute Gasteiger partial charge is 0.497 e. The molecular weight excluding hydrogens is 775 g/mol. The highest BCUT2D eigenvalue weighted by Gasteiger charge is 2.45. The third-order valence-electron chi connectivity index (χ3n) is 12.8. The van der Waals surface area contributed by atoms with Crippen LogP contribution < -0.4 is 18.9 Å². The van der Waals surface area contributed by atoms with E-state index in [0.717, 1.165) is 81.2 Å². The van der Waals surface area contributed by atoms with Crippen LogP contribution in [0.25, 0.3) is 0 Å². The van der Waals surface area contributed by atoms with Crippen molar-refractivity contribution in [1.82, 2.24) is 0 Å². The Hall–Kier alpha value is -4.70. The smallest absolute Gasteiger partial charge is 0.210 e. The van der Waals surface area contributed by atoms with Crippen molar-refractivity contribution in [1.29, 1.82) is 0 Å². The van der Waals surface area contributed by atoms with E-state index in [9.17, 15) is 0 Å². The Morgan fingerprint density at radius 3 is 1.98 bits per heavy atom. The van der Waals surface area contributed by atoms with Gasteiger partial charge in [-0.1, -0.05) is 40.7 Å². The molecule has 9 nitrogen and oxygen atoms in total. The van der Waals surface area contributed by atoms with Crippen molar-refractivity contribution in [3.63, 3.8) is 0 Å². The molecule has 9 heteroatoms. The summed E-state index contributed by atoms with van der Waals surface area (Å²) in [7, 11) is 8.78. The van der Waals surface area contributed by atoms with Crippen molar-refractivity contribution >= 4 is 17.1 Å². The number of ether oxygens (including phenoxy) is 6. The van der Waals surface area contributed by atoms with Gasteiger partial charge in [-0.3, -0.25) is 0 Å². The SMILES string of the molecule is COCCCN1/C(=C/C=C2\CCC(/C=C/C3=[N+](CCCOC)c4ccc(OC)cc4C3(C)C)=C2OC(c2cc[n+](CCCOC)cc2)C(C)(C)C)C(C)(C)c2cc(OC)ccc21. The first-order chi connectivity index (χ1) is 29.7. The Balaban J connectivity index is 1.46. The van der Waals surface area contributed by atoms with E-state index < -0.39 is 0 Å². The summed E-state index contributed by atoms with van der Waals surface area (Å²) in [6, 6.07) is 17.4. The Bertz CT molecular complexity index is 2190. The van der Waals surface area contributed by atoms with Gasteiger partial charge in [-0.05, 0) is 92.3 Å². The first-order valence-corrected chi connectivity index (χ1v) is 22.4. The van der Waals surface area contributed by atoms with E-state index in [4.69, 9.17) is 28.4 Å². The fourth-order valence-corrected chi connectivity index (χ4v) is 9.36. The molecule has 1 unspecified atom stereocenters. The highest BCUT2D eigenvalue weighted by Crippen LogP contribution is 2.50. The van der Waals surface area contributed by atoms with E-state index in [1.807, 2.05) is 0 Å². The maximum atomic E-state index is 7.46. The topological polar surface area (TPSA) is 65.5 Å². The molecule has 334 valence electrons. The molecule has 1 atom stereocenters. The molecule has 0 amide bonds. The maximum absolute atomic E-state index is 7.46. The number of nitrogens with zero attached hydrogens (tertiary/aromatic N) is 3. The summed E-state index contributed by atoms with van der Waals surface area (Å²) in [5.41, 5.74) is 10.4. The summed E-state index contributed by atoms with van der Waals surface area (Å²) in [4.78, 5) is 2.47. The molecule has 0 spiro atoms. The number of hydrogen-bond donors (Lipinski definition) is 0. The highest BCUT2D eigenvalue weighted by molar-refractivity contribution is 6.03. The molecular formula is C53H73N3O6+2. The number of benzene rings is 2. The van der Waals surface area contributed by atoms with Crippen LogP contribution in [0.4, 0.5) is 11.4 Å². The first kappa shape index (κ1) is 46.8. The average molecular weight is 848 g/mol. The van der Waals surface area contributed by atoms with Crippen LogP contribution in [0.3, 0.4) is 0 Å². The van der Waals surface area contributed by atoms with Crippen molar-refractivity contribution in [3.05, 3.63) is 125 Å². The van der Waals surface area contributed by atoms with Crippen LogP contribution in [0, 0.1) is 5.41 Å². The minimum Gasteiger partial charge on any atom is -0.497 e. The van der Waals surface area contributed by atoms with Crippen LogP contribution in [0.5, 0.6) is 11.5 Å². The van der Waals surface area contributed by atoms with Crippen molar-refractivity contribution in [2.24, 2.45) is 5.41 Å². The Morgan fingerprint density at radius 1 is 0.710 bits per heavy atom. The van der Waals surface area contributed by atoms with E-state index in [2.05, 4.69) is 148 Å². The zero-order valence-electron chi connectivity index (χ0n) is 39.7. The lowest BCUT2D eigenvalue weighted by Gasteiger charge is -2.32. The summed E-state index contributed by atoms with van der Waals surface area (Å²) in [5, 5.41) is 0. The molecule has 0 radical (unpaired) electrons. The van der Waals surface area contributed by atoms with Crippen LogP contribution in [0.2, 0.25) is 0 Å². The summed E-state index contributed by atoms with van der Waals surface area (Å²) in [6.07, 6.45) is 18.1. The van der Waals surface area contributed by atoms with Crippen molar-refractivity contribution in [2.45, 2.75) is 104 Å². The van der Waals surface area contributed by atoms with Gasteiger partial charge in [0.2, 0.25) is 5.69 Å². The quantitative estimate of drug-likeness (QED) is 0.0829. The normalized spacial score (nSPS) is 18.7.